The smallest absolute Gasteiger partial charge is 0.0626 e. The fraction of sp³-hybridized carbons (Fsp3) is 1.00. The molecule has 0 aromatic heterocycles. The maximum absolute atomic E-state index is 10.0. The van der Waals surface area contributed by atoms with Gasteiger partial charge in [-0.2, -0.15) is 0 Å². The van der Waals surface area contributed by atoms with Crippen LogP contribution in [0.1, 0.15) is 45.4 Å². The molecule has 2 nitrogen and oxygen atoms in total. The Morgan fingerprint density at radius 2 is 2.14 bits per heavy atom. The molecule has 3 unspecified atom stereocenters. The van der Waals surface area contributed by atoms with Gasteiger partial charge in [0, 0.05) is 12.5 Å². The summed E-state index contributed by atoms with van der Waals surface area (Å²) < 4.78 is 5.60. The fourth-order valence-electron chi connectivity index (χ4n) is 2.55. The lowest BCUT2D eigenvalue weighted by Crippen LogP contribution is -2.27. The first-order chi connectivity index (χ1) is 6.81. The maximum Gasteiger partial charge on any atom is 0.0626 e. The maximum atomic E-state index is 10.0. The molecule has 1 N–H and O–H groups in total. The number of hydrogen-bond acceptors (Lipinski definition) is 2. The molecule has 0 aromatic carbocycles. The molecule has 14 heavy (non-hydrogen) atoms. The Balaban J connectivity index is 1.73. The first-order valence-corrected chi connectivity index (χ1v) is 6.11. The van der Waals surface area contributed by atoms with Gasteiger partial charge in [0.1, 0.15) is 0 Å². The third kappa shape index (κ3) is 2.48. The molecular formula is C12H22O2. The van der Waals surface area contributed by atoms with Gasteiger partial charge in [0.15, 0.2) is 0 Å². The molecule has 1 aliphatic heterocycles. The van der Waals surface area contributed by atoms with Crippen molar-refractivity contribution in [2.24, 2.45) is 11.8 Å². The highest BCUT2D eigenvalue weighted by Crippen LogP contribution is 2.36. The molecule has 2 rings (SSSR count). The normalized spacial score (nSPS) is 34.7. The highest BCUT2D eigenvalue weighted by atomic mass is 16.5. The molecule has 0 aromatic rings. The van der Waals surface area contributed by atoms with E-state index in [4.69, 9.17) is 4.74 Å². The third-order valence-corrected chi connectivity index (χ3v) is 3.72. The Labute approximate surface area is 86.6 Å². The van der Waals surface area contributed by atoms with Crippen LogP contribution in [-0.2, 0) is 4.74 Å². The van der Waals surface area contributed by atoms with Crippen molar-refractivity contribution in [3.63, 3.8) is 0 Å². The van der Waals surface area contributed by atoms with E-state index in [2.05, 4.69) is 6.92 Å². The summed E-state index contributed by atoms with van der Waals surface area (Å²) in [4.78, 5) is 0. The standard InChI is InChI=1S/C12H22O2/c1-2-12-10(7-8-14-12)11(13)6-5-9-3-4-9/h9-13H,2-8H2,1H3. The second kappa shape index (κ2) is 4.63. The summed E-state index contributed by atoms with van der Waals surface area (Å²) in [5.74, 6) is 1.35. The fourth-order valence-corrected chi connectivity index (χ4v) is 2.55. The first kappa shape index (κ1) is 10.4. The Hall–Kier alpha value is -0.0800. The predicted octanol–water partition coefficient (Wildman–Crippen LogP) is 2.35. The summed E-state index contributed by atoms with van der Waals surface area (Å²) in [5.41, 5.74) is 0. The van der Waals surface area contributed by atoms with Gasteiger partial charge in [-0.3, -0.25) is 0 Å². The van der Waals surface area contributed by atoms with Crippen molar-refractivity contribution in [1.82, 2.24) is 0 Å². The summed E-state index contributed by atoms with van der Waals surface area (Å²) >= 11 is 0. The Morgan fingerprint density at radius 3 is 2.79 bits per heavy atom. The quantitative estimate of drug-likeness (QED) is 0.735. The number of aliphatic hydroxyl groups is 1. The molecule has 82 valence electrons. The Morgan fingerprint density at radius 1 is 1.36 bits per heavy atom. The van der Waals surface area contributed by atoms with Crippen LogP contribution in [0.5, 0.6) is 0 Å². The molecule has 1 saturated carbocycles. The number of ether oxygens (including phenoxy) is 1. The molecule has 3 atom stereocenters. The van der Waals surface area contributed by atoms with Gasteiger partial charge in [-0.15, -0.1) is 0 Å². The van der Waals surface area contributed by atoms with Crippen molar-refractivity contribution in [3.8, 4) is 0 Å². The van der Waals surface area contributed by atoms with Crippen molar-refractivity contribution in [2.45, 2.75) is 57.7 Å². The summed E-state index contributed by atoms with van der Waals surface area (Å²) in [6.45, 7) is 3.00. The zero-order valence-corrected chi connectivity index (χ0v) is 9.11. The minimum atomic E-state index is -0.108. The van der Waals surface area contributed by atoms with Gasteiger partial charge < -0.3 is 9.84 Å². The van der Waals surface area contributed by atoms with E-state index in [-0.39, 0.29) is 6.10 Å². The van der Waals surface area contributed by atoms with Crippen molar-refractivity contribution < 1.29 is 9.84 Å². The molecule has 0 bridgehead atoms. The molecule has 2 heteroatoms. The van der Waals surface area contributed by atoms with E-state index in [1.165, 1.54) is 19.3 Å². The lowest BCUT2D eigenvalue weighted by Gasteiger charge is -2.22. The first-order valence-electron chi connectivity index (χ1n) is 6.11. The van der Waals surface area contributed by atoms with E-state index in [0.29, 0.717) is 12.0 Å². The highest BCUT2D eigenvalue weighted by Gasteiger charge is 2.33. The zero-order valence-electron chi connectivity index (χ0n) is 9.11. The molecule has 2 fully saturated rings. The predicted molar refractivity (Wildman–Crippen MR) is 56.1 cm³/mol. The van der Waals surface area contributed by atoms with E-state index in [1.807, 2.05) is 0 Å². The molecule has 1 aliphatic carbocycles. The second-order valence-electron chi connectivity index (χ2n) is 4.86. The topological polar surface area (TPSA) is 29.5 Å². The number of hydrogen-bond donors (Lipinski definition) is 1. The van der Waals surface area contributed by atoms with Crippen LogP contribution in [0.2, 0.25) is 0 Å². The second-order valence-corrected chi connectivity index (χ2v) is 4.86. The summed E-state index contributed by atoms with van der Waals surface area (Å²) in [5, 5.41) is 10.0. The Kier molecular flexibility index (Phi) is 3.45. The summed E-state index contributed by atoms with van der Waals surface area (Å²) in [6, 6.07) is 0. The van der Waals surface area contributed by atoms with Crippen LogP contribution >= 0.6 is 0 Å². The SMILES string of the molecule is CCC1OCCC1C(O)CCC1CC1. The van der Waals surface area contributed by atoms with Gasteiger partial charge in [-0.25, -0.2) is 0 Å². The molecule has 0 amide bonds. The van der Waals surface area contributed by atoms with E-state index in [9.17, 15) is 5.11 Å². The van der Waals surface area contributed by atoms with Gasteiger partial charge in [-0.05, 0) is 31.6 Å². The van der Waals surface area contributed by atoms with Crippen LogP contribution in [-0.4, -0.2) is 23.9 Å². The minimum absolute atomic E-state index is 0.108. The monoisotopic (exact) mass is 198 g/mol. The van der Waals surface area contributed by atoms with Gasteiger partial charge in [-0.1, -0.05) is 19.8 Å². The molecular weight excluding hydrogens is 176 g/mol. The average Bonchev–Trinajstić information content (AvgIpc) is 2.90. The number of rotatable bonds is 5. The summed E-state index contributed by atoms with van der Waals surface area (Å²) in [6.07, 6.45) is 7.34. The van der Waals surface area contributed by atoms with Gasteiger partial charge >= 0.3 is 0 Å². The van der Waals surface area contributed by atoms with Crippen LogP contribution in [0.4, 0.5) is 0 Å². The van der Waals surface area contributed by atoms with E-state index < -0.39 is 0 Å². The molecule has 1 saturated heterocycles. The van der Waals surface area contributed by atoms with Crippen LogP contribution in [0.3, 0.4) is 0 Å². The summed E-state index contributed by atoms with van der Waals surface area (Å²) in [7, 11) is 0. The zero-order chi connectivity index (χ0) is 9.97. The highest BCUT2D eigenvalue weighted by molar-refractivity contribution is 4.83. The molecule has 1 heterocycles. The van der Waals surface area contributed by atoms with Crippen molar-refractivity contribution in [1.29, 1.82) is 0 Å². The third-order valence-electron chi connectivity index (χ3n) is 3.72. The minimum Gasteiger partial charge on any atom is -0.393 e. The van der Waals surface area contributed by atoms with Gasteiger partial charge in [0.2, 0.25) is 0 Å². The van der Waals surface area contributed by atoms with E-state index in [1.54, 1.807) is 0 Å². The van der Waals surface area contributed by atoms with E-state index >= 15 is 0 Å². The van der Waals surface area contributed by atoms with Crippen molar-refractivity contribution >= 4 is 0 Å². The molecule has 0 radical (unpaired) electrons. The van der Waals surface area contributed by atoms with Gasteiger partial charge in [0.25, 0.3) is 0 Å². The molecule has 2 aliphatic rings. The largest absolute Gasteiger partial charge is 0.393 e. The van der Waals surface area contributed by atoms with Crippen LogP contribution in [0, 0.1) is 11.8 Å². The lowest BCUT2D eigenvalue weighted by molar-refractivity contribution is 0.0264. The van der Waals surface area contributed by atoms with Crippen LogP contribution in [0.25, 0.3) is 0 Å². The average molecular weight is 198 g/mol. The van der Waals surface area contributed by atoms with Crippen molar-refractivity contribution in [3.05, 3.63) is 0 Å². The van der Waals surface area contributed by atoms with E-state index in [0.717, 1.165) is 31.8 Å². The van der Waals surface area contributed by atoms with Crippen LogP contribution < -0.4 is 0 Å². The van der Waals surface area contributed by atoms with Crippen LogP contribution in [0.15, 0.2) is 0 Å². The van der Waals surface area contributed by atoms with Gasteiger partial charge in [0.05, 0.1) is 12.2 Å². The van der Waals surface area contributed by atoms with Crippen molar-refractivity contribution in [2.75, 3.05) is 6.61 Å². The lowest BCUT2D eigenvalue weighted by atomic mass is 9.90. The Bertz CT molecular complexity index is 177. The molecule has 0 spiro atoms. The number of aliphatic hydroxyl groups excluding tert-OH is 1.